The molecule has 0 unspecified atom stereocenters. The Morgan fingerprint density at radius 2 is 2.10 bits per heavy atom. The number of fused-ring (bicyclic) bond motifs is 1. The van der Waals surface area contributed by atoms with E-state index in [0.29, 0.717) is 6.04 Å². The largest absolute Gasteiger partial charge is 0.397 e. The van der Waals surface area contributed by atoms with Crippen LogP contribution in [0, 0.1) is 6.92 Å². The number of aryl methyl sites for hydroxylation is 1. The Hall–Kier alpha value is -1.33. The molecule has 4 nitrogen and oxygen atoms in total. The molecule has 3 rings (SSSR count). The van der Waals surface area contributed by atoms with E-state index in [9.17, 15) is 0 Å². The van der Waals surface area contributed by atoms with Crippen molar-refractivity contribution in [3.63, 3.8) is 0 Å². The molecule has 0 bridgehead atoms. The minimum atomic E-state index is 0.576. The molecule has 2 N–H and O–H groups in total. The minimum absolute atomic E-state index is 0.576. The summed E-state index contributed by atoms with van der Waals surface area (Å²) in [5.74, 6) is 0. The van der Waals surface area contributed by atoms with E-state index in [4.69, 9.17) is 5.73 Å². The van der Waals surface area contributed by atoms with Gasteiger partial charge in [-0.05, 0) is 38.4 Å². The Bertz CT molecular complexity index is 628. The first-order valence-electron chi connectivity index (χ1n) is 7.70. The van der Waals surface area contributed by atoms with Crippen LogP contribution in [0.3, 0.4) is 0 Å². The van der Waals surface area contributed by atoms with E-state index in [1.54, 1.807) is 11.3 Å². The van der Waals surface area contributed by atoms with Crippen LogP contribution in [0.2, 0.25) is 0 Å². The van der Waals surface area contributed by atoms with Gasteiger partial charge in [0.05, 0.1) is 26.6 Å². The highest BCUT2D eigenvalue weighted by Crippen LogP contribution is 2.33. The number of rotatable bonds is 3. The molecule has 2 aromatic rings. The molecule has 21 heavy (non-hydrogen) atoms. The monoisotopic (exact) mass is 304 g/mol. The summed E-state index contributed by atoms with van der Waals surface area (Å²) in [4.78, 5) is 9.47. The van der Waals surface area contributed by atoms with Gasteiger partial charge in [0, 0.05) is 26.2 Å². The van der Waals surface area contributed by atoms with E-state index in [1.807, 2.05) is 6.92 Å². The van der Waals surface area contributed by atoms with Crippen molar-refractivity contribution in [2.45, 2.75) is 32.7 Å². The highest BCUT2D eigenvalue weighted by atomic mass is 32.1. The number of aromatic nitrogens is 1. The Morgan fingerprint density at radius 1 is 1.38 bits per heavy atom. The SMILES string of the molecule is CCN1CCC(N(C)c2cc3nc(C)sc3cc2N)CC1. The Balaban J connectivity index is 1.84. The highest BCUT2D eigenvalue weighted by Gasteiger charge is 2.23. The lowest BCUT2D eigenvalue weighted by Gasteiger charge is -2.37. The number of anilines is 2. The highest BCUT2D eigenvalue weighted by molar-refractivity contribution is 7.18. The molecule has 0 saturated carbocycles. The summed E-state index contributed by atoms with van der Waals surface area (Å²) in [7, 11) is 2.17. The van der Waals surface area contributed by atoms with Gasteiger partial charge in [0.25, 0.3) is 0 Å². The summed E-state index contributed by atoms with van der Waals surface area (Å²) in [6, 6.07) is 4.81. The molecule has 0 amide bonds. The molecule has 5 heteroatoms. The maximum Gasteiger partial charge on any atom is 0.0907 e. The van der Waals surface area contributed by atoms with Crippen molar-refractivity contribution < 1.29 is 0 Å². The predicted molar refractivity (Wildman–Crippen MR) is 92.3 cm³/mol. The zero-order valence-electron chi connectivity index (χ0n) is 13.1. The van der Waals surface area contributed by atoms with Gasteiger partial charge in [0.2, 0.25) is 0 Å². The fourth-order valence-corrected chi connectivity index (χ4v) is 4.08. The van der Waals surface area contributed by atoms with Crippen molar-refractivity contribution in [3.8, 4) is 0 Å². The summed E-state index contributed by atoms with van der Waals surface area (Å²) in [5, 5.41) is 1.10. The van der Waals surface area contributed by atoms with Gasteiger partial charge >= 0.3 is 0 Å². The van der Waals surface area contributed by atoms with E-state index in [-0.39, 0.29) is 0 Å². The molecule has 1 aromatic carbocycles. The number of piperidine rings is 1. The van der Waals surface area contributed by atoms with Crippen molar-refractivity contribution >= 4 is 32.9 Å². The van der Waals surface area contributed by atoms with Crippen LogP contribution in [0.1, 0.15) is 24.8 Å². The first-order valence-corrected chi connectivity index (χ1v) is 8.52. The zero-order valence-corrected chi connectivity index (χ0v) is 13.9. The van der Waals surface area contributed by atoms with Crippen LogP contribution in [0.15, 0.2) is 12.1 Å². The van der Waals surface area contributed by atoms with Crippen molar-refractivity contribution in [2.24, 2.45) is 0 Å². The molecule has 0 atom stereocenters. The van der Waals surface area contributed by atoms with Gasteiger partial charge < -0.3 is 15.5 Å². The Labute approximate surface area is 130 Å². The summed E-state index contributed by atoms with van der Waals surface area (Å²) in [6.45, 7) is 7.81. The summed E-state index contributed by atoms with van der Waals surface area (Å²) in [5.41, 5.74) is 9.35. The van der Waals surface area contributed by atoms with Crippen molar-refractivity contribution in [2.75, 3.05) is 37.3 Å². The van der Waals surface area contributed by atoms with Gasteiger partial charge in [-0.15, -0.1) is 11.3 Å². The third-order valence-electron chi connectivity index (χ3n) is 4.58. The fourth-order valence-electron chi connectivity index (χ4n) is 3.22. The van der Waals surface area contributed by atoms with E-state index in [1.165, 1.54) is 30.6 Å². The lowest BCUT2D eigenvalue weighted by molar-refractivity contribution is 0.221. The van der Waals surface area contributed by atoms with Gasteiger partial charge in [-0.25, -0.2) is 4.98 Å². The topological polar surface area (TPSA) is 45.4 Å². The number of nitrogens with two attached hydrogens (primary N) is 1. The van der Waals surface area contributed by atoms with Crippen LogP contribution in [0.5, 0.6) is 0 Å². The quantitative estimate of drug-likeness (QED) is 0.885. The predicted octanol–water partition coefficient (Wildman–Crippen LogP) is 3.11. The van der Waals surface area contributed by atoms with Crippen LogP contribution >= 0.6 is 11.3 Å². The van der Waals surface area contributed by atoms with Crippen LogP contribution in [-0.4, -0.2) is 42.6 Å². The molecule has 1 aliphatic heterocycles. The third kappa shape index (κ3) is 2.85. The van der Waals surface area contributed by atoms with E-state index in [2.05, 4.69) is 40.9 Å². The molecule has 1 fully saturated rings. The number of hydrogen-bond donors (Lipinski definition) is 1. The maximum atomic E-state index is 6.28. The van der Waals surface area contributed by atoms with E-state index >= 15 is 0 Å². The molecule has 2 heterocycles. The second-order valence-electron chi connectivity index (χ2n) is 5.89. The van der Waals surface area contributed by atoms with Crippen molar-refractivity contribution in [1.82, 2.24) is 9.88 Å². The Kier molecular flexibility index (Phi) is 4.04. The van der Waals surface area contributed by atoms with Gasteiger partial charge in [-0.1, -0.05) is 6.92 Å². The fraction of sp³-hybridized carbons (Fsp3) is 0.562. The molecule has 1 aliphatic rings. The molecule has 1 saturated heterocycles. The average Bonchev–Trinajstić information content (AvgIpc) is 2.85. The molecule has 0 radical (unpaired) electrons. The lowest BCUT2D eigenvalue weighted by atomic mass is 10.0. The zero-order chi connectivity index (χ0) is 15.0. The van der Waals surface area contributed by atoms with Crippen molar-refractivity contribution in [3.05, 3.63) is 17.1 Å². The van der Waals surface area contributed by atoms with Crippen LogP contribution in [-0.2, 0) is 0 Å². The molecule has 1 aromatic heterocycles. The molecular weight excluding hydrogens is 280 g/mol. The van der Waals surface area contributed by atoms with Gasteiger partial charge in [-0.2, -0.15) is 0 Å². The summed E-state index contributed by atoms with van der Waals surface area (Å²) >= 11 is 1.71. The molecule has 0 spiro atoms. The minimum Gasteiger partial charge on any atom is -0.397 e. The van der Waals surface area contributed by atoms with Gasteiger partial charge in [0.1, 0.15) is 0 Å². The normalized spacial score (nSPS) is 17.5. The van der Waals surface area contributed by atoms with Crippen LogP contribution in [0.4, 0.5) is 11.4 Å². The molecule has 0 aliphatic carbocycles. The number of benzene rings is 1. The number of nitrogens with zero attached hydrogens (tertiary/aromatic N) is 3. The number of hydrogen-bond acceptors (Lipinski definition) is 5. The maximum absolute atomic E-state index is 6.28. The number of thiazole rings is 1. The first kappa shape index (κ1) is 14.6. The molecular formula is C16H24N4S. The average molecular weight is 304 g/mol. The van der Waals surface area contributed by atoms with E-state index < -0.39 is 0 Å². The molecule has 114 valence electrons. The van der Waals surface area contributed by atoms with Crippen LogP contribution in [0.25, 0.3) is 10.2 Å². The number of likely N-dealkylation sites (tertiary alicyclic amines) is 1. The standard InChI is InChI=1S/C16H24N4S/c1-4-20-7-5-12(6-8-20)19(3)15-10-14-16(9-13(15)17)21-11(2)18-14/h9-10,12H,4-8,17H2,1-3H3. The second kappa shape index (κ2) is 5.81. The lowest BCUT2D eigenvalue weighted by Crippen LogP contribution is -2.43. The van der Waals surface area contributed by atoms with Crippen LogP contribution < -0.4 is 10.6 Å². The number of nitrogen functional groups attached to an aromatic ring is 1. The Morgan fingerprint density at radius 3 is 2.76 bits per heavy atom. The first-order chi connectivity index (χ1) is 10.1. The van der Waals surface area contributed by atoms with Gasteiger partial charge in [-0.3, -0.25) is 0 Å². The summed E-state index contributed by atoms with van der Waals surface area (Å²) < 4.78 is 1.18. The van der Waals surface area contributed by atoms with Gasteiger partial charge in [0.15, 0.2) is 0 Å². The second-order valence-corrected chi connectivity index (χ2v) is 7.12. The summed E-state index contributed by atoms with van der Waals surface area (Å²) in [6.07, 6.45) is 2.41. The smallest absolute Gasteiger partial charge is 0.0907 e. The third-order valence-corrected chi connectivity index (χ3v) is 5.51. The van der Waals surface area contributed by atoms with Crippen molar-refractivity contribution in [1.29, 1.82) is 0 Å². The van der Waals surface area contributed by atoms with E-state index in [0.717, 1.165) is 28.4 Å².